The molecule has 1 aliphatic heterocycles. The molecular weight excluding hydrogens is 458 g/mol. The lowest BCUT2D eigenvalue weighted by molar-refractivity contribution is 0.0789. The van der Waals surface area contributed by atoms with Crippen LogP contribution in [0.2, 0.25) is 5.02 Å². The Kier molecular flexibility index (Phi) is 7.02. The Labute approximate surface area is 199 Å². The van der Waals surface area contributed by atoms with Gasteiger partial charge in [0.2, 0.25) is 0 Å². The fourth-order valence-electron chi connectivity index (χ4n) is 3.80. The molecule has 0 aromatic heterocycles. The predicted octanol–water partition coefficient (Wildman–Crippen LogP) is 4.45. The van der Waals surface area contributed by atoms with Gasteiger partial charge in [0.25, 0.3) is 15.9 Å². The van der Waals surface area contributed by atoms with Gasteiger partial charge in [0.05, 0.1) is 4.90 Å². The normalized spacial score (nSPS) is 16.1. The van der Waals surface area contributed by atoms with Crippen LogP contribution in [-0.2, 0) is 16.6 Å². The quantitative estimate of drug-likeness (QED) is 0.520. The van der Waals surface area contributed by atoms with Gasteiger partial charge >= 0.3 is 0 Å². The highest BCUT2D eigenvalue weighted by molar-refractivity contribution is 7.92. The first-order valence-electron chi connectivity index (χ1n) is 10.8. The van der Waals surface area contributed by atoms with E-state index < -0.39 is 10.0 Å². The van der Waals surface area contributed by atoms with Gasteiger partial charge < -0.3 is 10.2 Å². The molecule has 6 nitrogen and oxygen atoms in total. The number of hydrogen-bond acceptors (Lipinski definition) is 4. The van der Waals surface area contributed by atoms with Crippen LogP contribution in [0.5, 0.6) is 0 Å². The Morgan fingerprint density at radius 2 is 1.79 bits per heavy atom. The van der Waals surface area contributed by atoms with Crippen LogP contribution < -0.4 is 10.0 Å². The standard InChI is InChI=1S/C25H26ClN3O3S/c1-18-5-11-24(12-6-18)33(31,32)28-22-9-7-19(8-10-22)16-27-23-13-14-29(17-23)25(30)20-3-2-4-21(26)15-20/h2-12,15,23,27-28H,13-14,16-17H2,1H3/t23-/m1/s1. The summed E-state index contributed by atoms with van der Waals surface area (Å²) in [5.74, 6) is -0.00740. The number of carbonyl (C=O) groups is 1. The van der Waals surface area contributed by atoms with E-state index in [0.29, 0.717) is 35.9 Å². The van der Waals surface area contributed by atoms with Gasteiger partial charge in [-0.05, 0) is 61.4 Å². The third kappa shape index (κ3) is 5.93. The van der Waals surface area contributed by atoms with Crippen molar-refractivity contribution in [3.05, 3.63) is 94.5 Å². The Bertz CT molecular complexity index is 1230. The fraction of sp³-hybridized carbons (Fsp3) is 0.240. The zero-order valence-electron chi connectivity index (χ0n) is 18.3. The third-order valence-electron chi connectivity index (χ3n) is 5.68. The number of halogens is 1. The van der Waals surface area contributed by atoms with Crippen LogP contribution >= 0.6 is 11.6 Å². The van der Waals surface area contributed by atoms with E-state index >= 15 is 0 Å². The van der Waals surface area contributed by atoms with Crippen molar-refractivity contribution in [3.8, 4) is 0 Å². The smallest absolute Gasteiger partial charge is 0.261 e. The van der Waals surface area contributed by atoms with Gasteiger partial charge in [-0.15, -0.1) is 0 Å². The monoisotopic (exact) mass is 483 g/mol. The van der Waals surface area contributed by atoms with Crippen molar-refractivity contribution in [3.63, 3.8) is 0 Å². The number of rotatable bonds is 7. The van der Waals surface area contributed by atoms with E-state index in [0.717, 1.165) is 17.5 Å². The van der Waals surface area contributed by atoms with Crippen molar-refractivity contribution < 1.29 is 13.2 Å². The molecule has 8 heteroatoms. The van der Waals surface area contributed by atoms with E-state index in [2.05, 4.69) is 10.0 Å². The zero-order valence-corrected chi connectivity index (χ0v) is 19.9. The Balaban J connectivity index is 1.29. The average Bonchev–Trinajstić information content (AvgIpc) is 3.27. The molecule has 0 aliphatic carbocycles. The van der Waals surface area contributed by atoms with Gasteiger partial charge in [0.15, 0.2) is 0 Å². The molecule has 0 radical (unpaired) electrons. The molecule has 1 amide bonds. The molecule has 0 spiro atoms. The second-order valence-corrected chi connectivity index (χ2v) is 10.4. The number of hydrogen-bond donors (Lipinski definition) is 2. The van der Waals surface area contributed by atoms with E-state index in [9.17, 15) is 13.2 Å². The Morgan fingerprint density at radius 1 is 1.06 bits per heavy atom. The van der Waals surface area contributed by atoms with Gasteiger partial charge in [-0.3, -0.25) is 9.52 Å². The van der Waals surface area contributed by atoms with Crippen LogP contribution in [0.3, 0.4) is 0 Å². The van der Waals surface area contributed by atoms with Crippen molar-refractivity contribution in [2.24, 2.45) is 0 Å². The summed E-state index contributed by atoms with van der Waals surface area (Å²) in [7, 11) is -3.62. The average molecular weight is 484 g/mol. The number of likely N-dealkylation sites (tertiary alicyclic amines) is 1. The number of amides is 1. The number of nitrogens with zero attached hydrogens (tertiary/aromatic N) is 1. The molecule has 1 aliphatic rings. The lowest BCUT2D eigenvalue weighted by Crippen LogP contribution is -2.34. The molecule has 1 heterocycles. The van der Waals surface area contributed by atoms with E-state index in [1.807, 2.05) is 24.0 Å². The fourth-order valence-corrected chi connectivity index (χ4v) is 5.05. The molecule has 1 fully saturated rings. The lowest BCUT2D eigenvalue weighted by Gasteiger charge is -2.17. The maximum absolute atomic E-state index is 12.7. The van der Waals surface area contributed by atoms with Gasteiger partial charge in [-0.2, -0.15) is 0 Å². The highest BCUT2D eigenvalue weighted by atomic mass is 35.5. The minimum Gasteiger partial charge on any atom is -0.337 e. The lowest BCUT2D eigenvalue weighted by atomic mass is 10.2. The second kappa shape index (κ2) is 9.95. The Hall–Kier alpha value is -2.87. The molecule has 2 N–H and O–H groups in total. The molecule has 0 saturated carbocycles. The highest BCUT2D eigenvalue weighted by Crippen LogP contribution is 2.19. The molecule has 0 unspecified atom stereocenters. The maximum Gasteiger partial charge on any atom is 0.261 e. The number of anilines is 1. The number of sulfonamides is 1. The minimum absolute atomic E-state index is 0.00740. The summed E-state index contributed by atoms with van der Waals surface area (Å²) in [6.45, 7) is 3.88. The summed E-state index contributed by atoms with van der Waals surface area (Å²) in [6, 6.07) is 21.3. The van der Waals surface area contributed by atoms with E-state index in [-0.39, 0.29) is 16.8 Å². The molecule has 33 heavy (non-hydrogen) atoms. The van der Waals surface area contributed by atoms with Crippen molar-refractivity contribution >= 4 is 33.2 Å². The van der Waals surface area contributed by atoms with E-state index in [4.69, 9.17) is 11.6 Å². The number of carbonyl (C=O) groups excluding carboxylic acids is 1. The van der Waals surface area contributed by atoms with Crippen LogP contribution in [0, 0.1) is 6.92 Å². The summed E-state index contributed by atoms with van der Waals surface area (Å²) in [6.07, 6.45) is 0.876. The van der Waals surface area contributed by atoms with Gasteiger partial charge in [-0.1, -0.05) is 47.5 Å². The highest BCUT2D eigenvalue weighted by Gasteiger charge is 2.26. The summed E-state index contributed by atoms with van der Waals surface area (Å²) in [5, 5.41) is 4.04. The van der Waals surface area contributed by atoms with E-state index in [1.54, 1.807) is 60.7 Å². The molecule has 3 aromatic carbocycles. The first-order valence-corrected chi connectivity index (χ1v) is 12.6. The van der Waals surface area contributed by atoms with Gasteiger partial charge in [0.1, 0.15) is 0 Å². The van der Waals surface area contributed by atoms with Crippen LogP contribution in [-0.4, -0.2) is 38.4 Å². The molecule has 172 valence electrons. The van der Waals surface area contributed by atoms with Crippen molar-refractivity contribution in [1.82, 2.24) is 10.2 Å². The summed E-state index contributed by atoms with van der Waals surface area (Å²) in [4.78, 5) is 14.7. The number of benzene rings is 3. The Morgan fingerprint density at radius 3 is 2.48 bits per heavy atom. The molecule has 1 saturated heterocycles. The van der Waals surface area contributed by atoms with E-state index in [1.165, 1.54) is 0 Å². The van der Waals surface area contributed by atoms with Gasteiger partial charge in [0, 0.05) is 41.9 Å². The topological polar surface area (TPSA) is 78.5 Å². The molecular formula is C25H26ClN3O3S. The van der Waals surface area contributed by atoms with Crippen LogP contribution in [0.15, 0.2) is 77.7 Å². The number of aryl methyl sites for hydroxylation is 1. The SMILES string of the molecule is Cc1ccc(S(=O)(=O)Nc2ccc(CN[C@@H]3CCN(C(=O)c4cccc(Cl)c4)C3)cc2)cc1. The second-order valence-electron chi connectivity index (χ2n) is 8.24. The predicted molar refractivity (Wildman–Crippen MR) is 131 cm³/mol. The summed E-state index contributed by atoms with van der Waals surface area (Å²) >= 11 is 6.00. The summed E-state index contributed by atoms with van der Waals surface area (Å²) in [5.41, 5.74) is 3.16. The molecule has 1 atom stereocenters. The third-order valence-corrected chi connectivity index (χ3v) is 7.31. The molecule has 0 bridgehead atoms. The van der Waals surface area contributed by atoms with Crippen molar-refractivity contribution in [1.29, 1.82) is 0 Å². The van der Waals surface area contributed by atoms with Crippen LogP contribution in [0.1, 0.15) is 27.9 Å². The summed E-state index contributed by atoms with van der Waals surface area (Å²) < 4.78 is 27.7. The maximum atomic E-state index is 12.7. The number of nitrogens with one attached hydrogen (secondary N) is 2. The molecule has 4 rings (SSSR count). The largest absolute Gasteiger partial charge is 0.337 e. The molecule has 3 aromatic rings. The first-order chi connectivity index (χ1) is 15.8. The van der Waals surface area contributed by atoms with Gasteiger partial charge in [-0.25, -0.2) is 8.42 Å². The minimum atomic E-state index is -3.62. The van der Waals surface area contributed by atoms with Crippen molar-refractivity contribution in [2.45, 2.75) is 30.8 Å². The van der Waals surface area contributed by atoms with Crippen molar-refractivity contribution in [2.75, 3.05) is 17.8 Å². The zero-order chi connectivity index (χ0) is 23.4. The first kappa shape index (κ1) is 23.3. The van der Waals surface area contributed by atoms with Crippen LogP contribution in [0.4, 0.5) is 5.69 Å². The van der Waals surface area contributed by atoms with Crippen LogP contribution in [0.25, 0.3) is 0 Å².